The molecule has 2 unspecified atom stereocenters. The van der Waals surface area contributed by atoms with Crippen LogP contribution in [0.5, 0.6) is 0 Å². The fraction of sp³-hybridized carbons (Fsp3) is 0.538. The minimum absolute atomic E-state index is 0.468. The molecule has 0 amide bonds. The molecule has 0 saturated carbocycles. The summed E-state index contributed by atoms with van der Waals surface area (Å²) in [6.07, 6.45) is 1.60. The Labute approximate surface area is 111 Å². The first-order valence-electron chi connectivity index (χ1n) is 6.56. The van der Waals surface area contributed by atoms with Crippen molar-refractivity contribution in [3.05, 3.63) is 24.3 Å². The van der Waals surface area contributed by atoms with Gasteiger partial charge in [0.2, 0.25) is 11.7 Å². The SMILES string of the molecule is CC1CN(Cc2nc(-c3ccco3)no2)C(C)CN1. The van der Waals surface area contributed by atoms with Crippen molar-refractivity contribution in [2.24, 2.45) is 0 Å². The number of nitrogens with one attached hydrogen (secondary N) is 1. The van der Waals surface area contributed by atoms with Gasteiger partial charge in [-0.1, -0.05) is 5.16 Å². The van der Waals surface area contributed by atoms with Gasteiger partial charge < -0.3 is 14.3 Å². The van der Waals surface area contributed by atoms with Crippen molar-refractivity contribution in [1.82, 2.24) is 20.4 Å². The van der Waals surface area contributed by atoms with E-state index in [2.05, 4.69) is 34.2 Å². The maximum absolute atomic E-state index is 5.29. The lowest BCUT2D eigenvalue weighted by atomic mass is 10.1. The van der Waals surface area contributed by atoms with Gasteiger partial charge in [0.05, 0.1) is 12.8 Å². The quantitative estimate of drug-likeness (QED) is 0.904. The third-order valence-electron chi connectivity index (χ3n) is 3.44. The van der Waals surface area contributed by atoms with E-state index in [0.29, 0.717) is 36.1 Å². The van der Waals surface area contributed by atoms with E-state index in [1.165, 1.54) is 0 Å². The molecule has 1 aliphatic rings. The van der Waals surface area contributed by atoms with Gasteiger partial charge in [-0.05, 0) is 26.0 Å². The summed E-state index contributed by atoms with van der Waals surface area (Å²) in [5, 5.41) is 7.40. The Bertz CT molecular complexity index is 522. The zero-order valence-corrected chi connectivity index (χ0v) is 11.2. The largest absolute Gasteiger partial charge is 0.461 e. The van der Waals surface area contributed by atoms with Crippen molar-refractivity contribution in [1.29, 1.82) is 0 Å². The van der Waals surface area contributed by atoms with Gasteiger partial charge in [0.1, 0.15) is 0 Å². The smallest absolute Gasteiger partial charge is 0.241 e. The highest BCUT2D eigenvalue weighted by molar-refractivity contribution is 5.44. The molecule has 0 radical (unpaired) electrons. The average Bonchev–Trinajstić information content (AvgIpc) is 3.04. The molecule has 0 aromatic carbocycles. The Morgan fingerprint density at radius 2 is 2.37 bits per heavy atom. The molecular weight excluding hydrogens is 244 g/mol. The first-order valence-corrected chi connectivity index (χ1v) is 6.56. The molecule has 0 spiro atoms. The lowest BCUT2D eigenvalue weighted by Gasteiger charge is -2.36. The van der Waals surface area contributed by atoms with Crippen molar-refractivity contribution in [2.75, 3.05) is 13.1 Å². The topological polar surface area (TPSA) is 67.3 Å². The second-order valence-electron chi connectivity index (χ2n) is 5.08. The fourth-order valence-corrected chi connectivity index (χ4v) is 2.32. The highest BCUT2D eigenvalue weighted by Crippen LogP contribution is 2.17. The molecule has 0 bridgehead atoms. The second-order valence-corrected chi connectivity index (χ2v) is 5.08. The normalized spacial score (nSPS) is 24.7. The van der Waals surface area contributed by atoms with Gasteiger partial charge in [-0.15, -0.1) is 0 Å². The van der Waals surface area contributed by atoms with Crippen LogP contribution in [0.25, 0.3) is 11.6 Å². The summed E-state index contributed by atoms with van der Waals surface area (Å²) in [4.78, 5) is 6.72. The lowest BCUT2D eigenvalue weighted by molar-refractivity contribution is 0.123. The molecule has 2 aromatic heterocycles. The van der Waals surface area contributed by atoms with Crippen LogP contribution in [-0.2, 0) is 6.54 Å². The molecule has 2 aromatic rings. The summed E-state index contributed by atoms with van der Waals surface area (Å²) in [5.41, 5.74) is 0. The van der Waals surface area contributed by atoms with E-state index in [9.17, 15) is 0 Å². The number of hydrogen-bond acceptors (Lipinski definition) is 6. The Kier molecular flexibility index (Phi) is 3.35. The van der Waals surface area contributed by atoms with Gasteiger partial charge in [0.15, 0.2) is 5.76 Å². The second kappa shape index (κ2) is 5.14. The molecule has 1 saturated heterocycles. The van der Waals surface area contributed by atoms with E-state index < -0.39 is 0 Å². The van der Waals surface area contributed by atoms with E-state index in [4.69, 9.17) is 8.94 Å². The van der Waals surface area contributed by atoms with Gasteiger partial charge in [-0.3, -0.25) is 4.90 Å². The van der Waals surface area contributed by atoms with Crippen LogP contribution in [0.15, 0.2) is 27.3 Å². The number of rotatable bonds is 3. The van der Waals surface area contributed by atoms with Crippen LogP contribution in [0.1, 0.15) is 19.7 Å². The molecule has 0 aliphatic carbocycles. The summed E-state index contributed by atoms with van der Waals surface area (Å²) < 4.78 is 10.5. The van der Waals surface area contributed by atoms with Crippen molar-refractivity contribution in [3.63, 3.8) is 0 Å². The van der Waals surface area contributed by atoms with E-state index in [0.717, 1.165) is 13.1 Å². The minimum atomic E-state index is 0.468. The van der Waals surface area contributed by atoms with Crippen molar-refractivity contribution < 1.29 is 8.94 Å². The van der Waals surface area contributed by atoms with Crippen LogP contribution in [0, 0.1) is 0 Å². The molecule has 19 heavy (non-hydrogen) atoms. The number of aromatic nitrogens is 2. The Morgan fingerprint density at radius 1 is 1.47 bits per heavy atom. The molecule has 1 fully saturated rings. The van der Waals surface area contributed by atoms with Crippen LogP contribution in [0.2, 0.25) is 0 Å². The zero-order chi connectivity index (χ0) is 13.2. The van der Waals surface area contributed by atoms with E-state index in [-0.39, 0.29) is 0 Å². The zero-order valence-electron chi connectivity index (χ0n) is 11.2. The summed E-state index contributed by atoms with van der Waals surface area (Å²) in [6, 6.07) is 4.59. The van der Waals surface area contributed by atoms with Gasteiger partial charge in [-0.2, -0.15) is 4.98 Å². The number of furan rings is 1. The van der Waals surface area contributed by atoms with Crippen molar-refractivity contribution in [2.45, 2.75) is 32.5 Å². The highest BCUT2D eigenvalue weighted by Gasteiger charge is 2.24. The molecule has 3 heterocycles. The minimum Gasteiger partial charge on any atom is -0.461 e. The predicted molar refractivity (Wildman–Crippen MR) is 69.3 cm³/mol. The first-order chi connectivity index (χ1) is 9.22. The monoisotopic (exact) mass is 262 g/mol. The third kappa shape index (κ3) is 2.69. The Balaban J connectivity index is 1.70. The lowest BCUT2D eigenvalue weighted by Crippen LogP contribution is -2.53. The third-order valence-corrected chi connectivity index (χ3v) is 3.44. The van der Waals surface area contributed by atoms with E-state index in [1.807, 2.05) is 12.1 Å². The van der Waals surface area contributed by atoms with Gasteiger partial charge in [0.25, 0.3) is 0 Å². The van der Waals surface area contributed by atoms with E-state index >= 15 is 0 Å². The average molecular weight is 262 g/mol. The molecule has 1 N–H and O–H groups in total. The number of piperazine rings is 1. The molecule has 102 valence electrons. The summed E-state index contributed by atoms with van der Waals surface area (Å²) in [5.74, 6) is 1.78. The summed E-state index contributed by atoms with van der Waals surface area (Å²) in [6.45, 7) is 7.03. The maximum atomic E-state index is 5.29. The standard InChI is InChI=1S/C13H18N4O2/c1-9-7-17(10(2)6-14-9)8-12-15-13(16-19-12)11-4-3-5-18-11/h3-5,9-10,14H,6-8H2,1-2H3. The Morgan fingerprint density at radius 3 is 3.16 bits per heavy atom. The van der Waals surface area contributed by atoms with Crippen LogP contribution in [0.3, 0.4) is 0 Å². The van der Waals surface area contributed by atoms with E-state index in [1.54, 1.807) is 6.26 Å². The predicted octanol–water partition coefficient (Wildman–Crippen LogP) is 1.51. The molecule has 6 nitrogen and oxygen atoms in total. The number of hydrogen-bond donors (Lipinski definition) is 1. The molecule has 6 heteroatoms. The highest BCUT2D eigenvalue weighted by atomic mass is 16.5. The van der Waals surface area contributed by atoms with Crippen molar-refractivity contribution in [3.8, 4) is 11.6 Å². The summed E-state index contributed by atoms with van der Waals surface area (Å²) in [7, 11) is 0. The first kappa shape index (κ1) is 12.4. The maximum Gasteiger partial charge on any atom is 0.241 e. The molecule has 1 aliphatic heterocycles. The van der Waals surface area contributed by atoms with Gasteiger partial charge in [-0.25, -0.2) is 0 Å². The molecule has 2 atom stereocenters. The number of nitrogens with zero attached hydrogens (tertiary/aromatic N) is 3. The van der Waals surface area contributed by atoms with Crippen LogP contribution < -0.4 is 5.32 Å². The summed E-state index contributed by atoms with van der Waals surface area (Å²) >= 11 is 0. The fourth-order valence-electron chi connectivity index (χ4n) is 2.32. The van der Waals surface area contributed by atoms with Gasteiger partial charge >= 0.3 is 0 Å². The van der Waals surface area contributed by atoms with Crippen molar-refractivity contribution >= 4 is 0 Å². The van der Waals surface area contributed by atoms with Crippen LogP contribution >= 0.6 is 0 Å². The van der Waals surface area contributed by atoms with Gasteiger partial charge in [0, 0.05) is 25.2 Å². The molecular formula is C13H18N4O2. The van der Waals surface area contributed by atoms with Crippen LogP contribution in [0.4, 0.5) is 0 Å². The van der Waals surface area contributed by atoms with Crippen LogP contribution in [-0.4, -0.2) is 40.2 Å². The molecule has 3 rings (SSSR count). The Hall–Kier alpha value is -1.66.